The number of carbonyl (C=O) groups excluding carboxylic acids is 1. The molecule has 1 aliphatic heterocycles. The van der Waals surface area contributed by atoms with E-state index in [1.54, 1.807) is 10.4 Å². The Morgan fingerprint density at radius 3 is 3.00 bits per heavy atom. The topological polar surface area (TPSA) is 59.2 Å². The zero-order chi connectivity index (χ0) is 12.5. The summed E-state index contributed by atoms with van der Waals surface area (Å²) in [6.45, 7) is 0.729. The molecule has 0 bridgehead atoms. The van der Waals surface area contributed by atoms with Gasteiger partial charge in [-0.2, -0.15) is 0 Å². The molecule has 1 aliphatic rings. The number of fused-ring (bicyclic) bond motifs is 1. The lowest BCUT2D eigenvalue weighted by Gasteiger charge is -2.28. The fourth-order valence-corrected chi connectivity index (χ4v) is 2.81. The zero-order valence-electron chi connectivity index (χ0n) is 9.80. The van der Waals surface area contributed by atoms with Crippen molar-refractivity contribution in [1.29, 1.82) is 0 Å². The second kappa shape index (κ2) is 4.42. The average molecular weight is 259 g/mol. The zero-order valence-corrected chi connectivity index (χ0v) is 10.6. The molecule has 1 amide bonds. The fraction of sp³-hybridized carbons (Fsp3) is 0.231. The van der Waals surface area contributed by atoms with Crippen molar-refractivity contribution in [2.24, 2.45) is 0 Å². The summed E-state index contributed by atoms with van der Waals surface area (Å²) in [4.78, 5) is 18.3. The minimum atomic E-state index is -0.0964. The van der Waals surface area contributed by atoms with Crippen molar-refractivity contribution in [3.05, 3.63) is 41.0 Å². The number of rotatable bonds is 1. The third-order valence-corrected chi connectivity index (χ3v) is 3.81. The van der Waals surface area contributed by atoms with Crippen molar-refractivity contribution < 1.29 is 4.79 Å². The van der Waals surface area contributed by atoms with Gasteiger partial charge in [0.15, 0.2) is 5.69 Å². The van der Waals surface area contributed by atoms with E-state index in [1.807, 2.05) is 18.2 Å². The first-order valence-electron chi connectivity index (χ1n) is 5.86. The standard InChI is InChI=1S/C13H13N3OS/c14-12-11(15-8-18-12)13(17)16-7-3-5-9-4-1-2-6-10(9)16/h1-2,4,6,8H,3,5,7,14H2. The van der Waals surface area contributed by atoms with Gasteiger partial charge in [0, 0.05) is 12.2 Å². The van der Waals surface area contributed by atoms with Crippen LogP contribution in [0.2, 0.25) is 0 Å². The van der Waals surface area contributed by atoms with Crippen LogP contribution in [0.1, 0.15) is 22.5 Å². The second-order valence-corrected chi connectivity index (χ2v) is 5.14. The van der Waals surface area contributed by atoms with Crippen molar-refractivity contribution in [1.82, 2.24) is 4.98 Å². The molecule has 0 fully saturated rings. The van der Waals surface area contributed by atoms with Gasteiger partial charge < -0.3 is 10.6 Å². The molecule has 1 aromatic heterocycles. The first-order valence-corrected chi connectivity index (χ1v) is 6.74. The van der Waals surface area contributed by atoms with Crippen LogP contribution in [0.5, 0.6) is 0 Å². The fourth-order valence-electron chi connectivity index (χ4n) is 2.29. The molecule has 0 radical (unpaired) electrons. The van der Waals surface area contributed by atoms with E-state index in [1.165, 1.54) is 16.9 Å². The summed E-state index contributed by atoms with van der Waals surface area (Å²) in [6.07, 6.45) is 2.00. The van der Waals surface area contributed by atoms with E-state index in [4.69, 9.17) is 5.73 Å². The van der Waals surface area contributed by atoms with Crippen LogP contribution in [0.4, 0.5) is 10.7 Å². The molecule has 0 atom stereocenters. The number of amides is 1. The van der Waals surface area contributed by atoms with Crippen LogP contribution in [0.3, 0.4) is 0 Å². The number of aromatic nitrogens is 1. The maximum absolute atomic E-state index is 12.4. The number of benzene rings is 1. The summed E-state index contributed by atoms with van der Waals surface area (Å²) in [6, 6.07) is 8.01. The van der Waals surface area contributed by atoms with Crippen LogP contribution in [0.25, 0.3) is 0 Å². The summed E-state index contributed by atoms with van der Waals surface area (Å²) in [5.41, 5.74) is 9.96. The van der Waals surface area contributed by atoms with Gasteiger partial charge in [0.2, 0.25) is 0 Å². The molecule has 0 saturated carbocycles. The molecular formula is C13H13N3OS. The van der Waals surface area contributed by atoms with Gasteiger partial charge in [-0.15, -0.1) is 11.3 Å². The normalized spacial score (nSPS) is 14.3. The third-order valence-electron chi connectivity index (χ3n) is 3.15. The molecule has 0 unspecified atom stereocenters. The number of para-hydroxylation sites is 1. The number of thiazole rings is 1. The predicted octanol–water partition coefficient (Wildman–Crippen LogP) is 2.32. The van der Waals surface area contributed by atoms with Crippen LogP contribution < -0.4 is 10.6 Å². The maximum atomic E-state index is 12.4. The molecule has 1 aromatic carbocycles. The molecule has 0 aliphatic carbocycles. The van der Waals surface area contributed by atoms with Gasteiger partial charge in [-0.05, 0) is 24.5 Å². The highest BCUT2D eigenvalue weighted by Crippen LogP contribution is 2.29. The van der Waals surface area contributed by atoms with Crippen molar-refractivity contribution in [2.45, 2.75) is 12.8 Å². The van der Waals surface area contributed by atoms with Crippen LogP contribution >= 0.6 is 11.3 Å². The molecular weight excluding hydrogens is 246 g/mol. The Labute approximate surface area is 109 Å². The molecule has 3 rings (SSSR count). The Hall–Kier alpha value is -1.88. The van der Waals surface area contributed by atoms with Gasteiger partial charge in [-0.25, -0.2) is 4.98 Å². The van der Waals surface area contributed by atoms with Crippen molar-refractivity contribution in [3.8, 4) is 0 Å². The van der Waals surface area contributed by atoms with E-state index in [2.05, 4.69) is 11.1 Å². The first-order chi connectivity index (χ1) is 8.77. The Morgan fingerprint density at radius 2 is 2.22 bits per heavy atom. The Morgan fingerprint density at radius 1 is 1.39 bits per heavy atom. The summed E-state index contributed by atoms with van der Waals surface area (Å²) >= 11 is 1.30. The monoisotopic (exact) mass is 259 g/mol. The van der Waals surface area contributed by atoms with Gasteiger partial charge in [0.1, 0.15) is 5.00 Å². The number of nitrogens with zero attached hydrogens (tertiary/aromatic N) is 2. The van der Waals surface area contributed by atoms with Crippen molar-refractivity contribution in [3.63, 3.8) is 0 Å². The van der Waals surface area contributed by atoms with Crippen LogP contribution in [0, 0.1) is 0 Å². The summed E-state index contributed by atoms with van der Waals surface area (Å²) in [5, 5.41) is 0.489. The second-order valence-electron chi connectivity index (χ2n) is 4.25. The van der Waals surface area contributed by atoms with Crippen molar-refractivity contribution >= 4 is 27.9 Å². The lowest BCUT2D eigenvalue weighted by atomic mass is 10.0. The lowest BCUT2D eigenvalue weighted by molar-refractivity contribution is 0.0982. The smallest absolute Gasteiger partial charge is 0.279 e. The van der Waals surface area contributed by atoms with Crippen LogP contribution in [0.15, 0.2) is 29.8 Å². The Bertz CT molecular complexity index is 593. The van der Waals surface area contributed by atoms with E-state index in [0.29, 0.717) is 10.7 Å². The summed E-state index contributed by atoms with van der Waals surface area (Å²) < 4.78 is 0. The number of hydrogen-bond acceptors (Lipinski definition) is 4. The van der Waals surface area contributed by atoms with E-state index in [-0.39, 0.29) is 5.91 Å². The lowest BCUT2D eigenvalue weighted by Crippen LogP contribution is -2.35. The molecule has 5 heteroatoms. The molecule has 2 heterocycles. The molecule has 0 spiro atoms. The summed E-state index contributed by atoms with van der Waals surface area (Å²) in [7, 11) is 0. The van der Waals surface area contributed by atoms with Gasteiger partial charge in [0.25, 0.3) is 5.91 Å². The van der Waals surface area contributed by atoms with Gasteiger partial charge in [-0.1, -0.05) is 18.2 Å². The Kier molecular flexibility index (Phi) is 2.76. The molecule has 92 valence electrons. The Balaban J connectivity index is 2.00. The number of anilines is 2. The molecule has 2 N–H and O–H groups in total. The van der Waals surface area contributed by atoms with E-state index in [9.17, 15) is 4.79 Å². The highest BCUT2D eigenvalue weighted by molar-refractivity contribution is 7.14. The minimum absolute atomic E-state index is 0.0964. The number of nitrogens with two attached hydrogens (primary N) is 1. The van der Waals surface area contributed by atoms with Gasteiger partial charge in [-0.3, -0.25) is 4.79 Å². The molecule has 4 nitrogen and oxygen atoms in total. The largest absolute Gasteiger partial charge is 0.389 e. The van der Waals surface area contributed by atoms with Crippen molar-refractivity contribution in [2.75, 3.05) is 17.2 Å². The SMILES string of the molecule is Nc1scnc1C(=O)N1CCCc2ccccc21. The maximum Gasteiger partial charge on any atom is 0.279 e. The molecule has 0 saturated heterocycles. The third kappa shape index (κ3) is 1.76. The van der Waals surface area contributed by atoms with E-state index in [0.717, 1.165) is 25.1 Å². The number of aryl methyl sites for hydroxylation is 1. The van der Waals surface area contributed by atoms with Crippen LogP contribution in [-0.2, 0) is 6.42 Å². The van der Waals surface area contributed by atoms with E-state index >= 15 is 0 Å². The van der Waals surface area contributed by atoms with Gasteiger partial charge in [0.05, 0.1) is 5.51 Å². The quantitative estimate of drug-likeness (QED) is 0.855. The number of hydrogen-bond donors (Lipinski definition) is 1. The first kappa shape index (κ1) is 11.2. The summed E-state index contributed by atoms with van der Waals surface area (Å²) in [5.74, 6) is -0.0964. The highest BCUT2D eigenvalue weighted by atomic mass is 32.1. The number of nitrogen functional groups attached to an aromatic ring is 1. The number of carbonyl (C=O) groups is 1. The highest BCUT2D eigenvalue weighted by Gasteiger charge is 2.25. The molecule has 2 aromatic rings. The minimum Gasteiger partial charge on any atom is -0.389 e. The van der Waals surface area contributed by atoms with Gasteiger partial charge >= 0.3 is 0 Å². The average Bonchev–Trinajstić information content (AvgIpc) is 2.83. The van der Waals surface area contributed by atoms with Crippen LogP contribution in [-0.4, -0.2) is 17.4 Å². The van der Waals surface area contributed by atoms with E-state index < -0.39 is 0 Å². The predicted molar refractivity (Wildman–Crippen MR) is 73.0 cm³/mol. The molecule has 18 heavy (non-hydrogen) atoms.